The lowest BCUT2D eigenvalue weighted by Crippen LogP contribution is -2.41. The molecule has 1 aliphatic heterocycles. The summed E-state index contributed by atoms with van der Waals surface area (Å²) in [6.07, 6.45) is 0.253. The quantitative estimate of drug-likeness (QED) is 0.908. The van der Waals surface area contributed by atoms with Crippen LogP contribution >= 0.6 is 0 Å². The minimum Gasteiger partial charge on any atom is -0.391 e. The summed E-state index contributed by atoms with van der Waals surface area (Å²) in [4.78, 5) is 16.6. The van der Waals surface area contributed by atoms with Crippen molar-refractivity contribution in [2.24, 2.45) is 0 Å². The number of aryl methyl sites for hydroxylation is 1. The summed E-state index contributed by atoms with van der Waals surface area (Å²) in [5, 5.41) is 9.89. The third-order valence-corrected chi connectivity index (χ3v) is 4.06. The van der Waals surface area contributed by atoms with Crippen molar-refractivity contribution in [3.05, 3.63) is 34.9 Å². The van der Waals surface area contributed by atoms with Crippen LogP contribution in [-0.4, -0.2) is 60.1 Å². The number of amides is 1. The average molecular weight is 276 g/mol. The molecule has 1 fully saturated rings. The molecule has 4 heteroatoms. The summed E-state index contributed by atoms with van der Waals surface area (Å²) in [5.74, 6) is 0.0367. The minimum absolute atomic E-state index is 0.0367. The van der Waals surface area contributed by atoms with E-state index in [1.54, 1.807) is 0 Å². The molecule has 0 spiro atoms. The second kappa shape index (κ2) is 5.94. The molecule has 0 aromatic heterocycles. The lowest BCUT2D eigenvalue weighted by Gasteiger charge is -2.27. The van der Waals surface area contributed by atoms with Gasteiger partial charge in [-0.1, -0.05) is 12.1 Å². The highest BCUT2D eigenvalue weighted by molar-refractivity contribution is 5.96. The van der Waals surface area contributed by atoms with Crippen LogP contribution in [0.1, 0.15) is 27.9 Å². The Kier molecular flexibility index (Phi) is 4.45. The number of rotatable bonds is 3. The third-order valence-electron chi connectivity index (χ3n) is 4.06. The Labute approximate surface area is 121 Å². The van der Waals surface area contributed by atoms with Gasteiger partial charge in [0.25, 0.3) is 5.91 Å². The van der Waals surface area contributed by atoms with E-state index >= 15 is 0 Å². The van der Waals surface area contributed by atoms with Gasteiger partial charge in [0.1, 0.15) is 0 Å². The van der Waals surface area contributed by atoms with E-state index in [1.807, 2.05) is 51.0 Å². The van der Waals surface area contributed by atoms with E-state index in [0.29, 0.717) is 13.0 Å². The van der Waals surface area contributed by atoms with Gasteiger partial charge >= 0.3 is 0 Å². The lowest BCUT2D eigenvalue weighted by atomic mass is 10.0. The second-order valence-electron chi connectivity index (χ2n) is 6.01. The van der Waals surface area contributed by atoms with Crippen molar-refractivity contribution in [3.63, 3.8) is 0 Å². The molecule has 2 unspecified atom stereocenters. The number of β-amino-alcohol motifs (C(OH)–C–C–N with tert-alkyl or cyclic N) is 1. The number of likely N-dealkylation sites (tertiary alicyclic amines) is 1. The van der Waals surface area contributed by atoms with Crippen LogP contribution in [0, 0.1) is 13.8 Å². The van der Waals surface area contributed by atoms with Crippen molar-refractivity contribution >= 4 is 5.91 Å². The maximum absolute atomic E-state index is 12.8. The average Bonchev–Trinajstić information content (AvgIpc) is 2.72. The number of nitrogens with zero attached hydrogens (tertiary/aromatic N) is 2. The molecule has 1 aromatic carbocycles. The van der Waals surface area contributed by atoms with Gasteiger partial charge in [0.15, 0.2) is 0 Å². The Bertz CT molecular complexity index is 499. The zero-order valence-corrected chi connectivity index (χ0v) is 12.8. The van der Waals surface area contributed by atoms with Gasteiger partial charge in [-0.05, 0) is 51.6 Å². The van der Waals surface area contributed by atoms with Crippen LogP contribution in [0.2, 0.25) is 0 Å². The molecular formula is C16H24N2O2. The topological polar surface area (TPSA) is 43.8 Å². The van der Waals surface area contributed by atoms with Crippen LogP contribution in [0.15, 0.2) is 18.2 Å². The number of benzene rings is 1. The molecule has 110 valence electrons. The highest BCUT2D eigenvalue weighted by atomic mass is 16.3. The Balaban J connectivity index is 2.24. The van der Waals surface area contributed by atoms with Crippen LogP contribution in [0.25, 0.3) is 0 Å². The normalized spacial score (nSPS) is 22.6. The number of carbonyl (C=O) groups excluding carboxylic acids is 1. The number of aliphatic hydroxyl groups is 1. The zero-order valence-electron chi connectivity index (χ0n) is 12.8. The minimum atomic E-state index is -0.408. The van der Waals surface area contributed by atoms with Crippen LogP contribution < -0.4 is 0 Å². The molecule has 1 aliphatic rings. The van der Waals surface area contributed by atoms with E-state index in [-0.39, 0.29) is 11.9 Å². The van der Waals surface area contributed by atoms with Crippen molar-refractivity contribution in [3.8, 4) is 0 Å². The first-order valence-corrected chi connectivity index (χ1v) is 7.10. The molecule has 4 nitrogen and oxygen atoms in total. The summed E-state index contributed by atoms with van der Waals surface area (Å²) in [7, 11) is 3.98. The molecule has 20 heavy (non-hydrogen) atoms. The van der Waals surface area contributed by atoms with E-state index in [9.17, 15) is 9.90 Å². The fourth-order valence-electron chi connectivity index (χ4n) is 2.87. The van der Waals surface area contributed by atoms with E-state index in [1.165, 1.54) is 0 Å². The lowest BCUT2D eigenvalue weighted by molar-refractivity contribution is 0.0698. The van der Waals surface area contributed by atoms with Gasteiger partial charge in [0, 0.05) is 24.7 Å². The first kappa shape index (κ1) is 15.0. The van der Waals surface area contributed by atoms with Crippen LogP contribution in [-0.2, 0) is 0 Å². The molecule has 0 saturated carbocycles. The molecule has 0 radical (unpaired) electrons. The predicted octanol–water partition coefficient (Wildman–Crippen LogP) is 1.44. The molecular weight excluding hydrogens is 252 g/mol. The highest BCUT2D eigenvalue weighted by Gasteiger charge is 2.35. The first-order chi connectivity index (χ1) is 9.40. The molecule has 1 saturated heterocycles. The number of likely N-dealkylation sites (N-methyl/N-ethyl adjacent to an activating group) is 1. The van der Waals surface area contributed by atoms with Gasteiger partial charge in [-0.3, -0.25) is 4.79 Å². The van der Waals surface area contributed by atoms with Gasteiger partial charge in [0.2, 0.25) is 0 Å². The van der Waals surface area contributed by atoms with Crippen LogP contribution in [0.4, 0.5) is 0 Å². The predicted molar refractivity (Wildman–Crippen MR) is 79.9 cm³/mol. The van der Waals surface area contributed by atoms with Crippen molar-refractivity contribution in [1.82, 2.24) is 9.80 Å². The summed E-state index contributed by atoms with van der Waals surface area (Å²) < 4.78 is 0. The molecule has 0 aliphatic carbocycles. The molecule has 1 N–H and O–H groups in total. The van der Waals surface area contributed by atoms with Gasteiger partial charge in [0.05, 0.1) is 6.10 Å². The summed E-state index contributed by atoms with van der Waals surface area (Å²) in [6, 6.07) is 5.90. The van der Waals surface area contributed by atoms with Gasteiger partial charge in [-0.25, -0.2) is 0 Å². The Morgan fingerprint density at radius 1 is 1.40 bits per heavy atom. The molecule has 1 aromatic rings. The van der Waals surface area contributed by atoms with Crippen LogP contribution in [0.5, 0.6) is 0 Å². The summed E-state index contributed by atoms with van der Waals surface area (Å²) in [6.45, 7) is 5.22. The fourth-order valence-corrected chi connectivity index (χ4v) is 2.87. The smallest absolute Gasteiger partial charge is 0.254 e. The Morgan fingerprint density at radius 3 is 2.75 bits per heavy atom. The number of hydrogen-bond acceptors (Lipinski definition) is 3. The molecule has 2 rings (SSSR count). The number of aliphatic hydroxyl groups excluding tert-OH is 1. The molecule has 1 amide bonds. The van der Waals surface area contributed by atoms with Crippen molar-refractivity contribution < 1.29 is 9.90 Å². The Morgan fingerprint density at radius 2 is 2.10 bits per heavy atom. The third kappa shape index (κ3) is 3.02. The highest BCUT2D eigenvalue weighted by Crippen LogP contribution is 2.23. The summed E-state index contributed by atoms with van der Waals surface area (Å²) >= 11 is 0. The molecule has 0 bridgehead atoms. The number of carbonyl (C=O) groups is 1. The van der Waals surface area contributed by atoms with Gasteiger partial charge in [-0.15, -0.1) is 0 Å². The van der Waals surface area contributed by atoms with Gasteiger partial charge in [-0.2, -0.15) is 0 Å². The van der Waals surface area contributed by atoms with Crippen molar-refractivity contribution in [2.75, 3.05) is 27.2 Å². The standard InChI is InChI=1S/C16H24N2O2/c1-11-6-5-7-15(12(11)2)16(20)18-10-14(19)8-13(18)9-17(3)4/h5-7,13-14,19H,8-10H2,1-4H3. The maximum Gasteiger partial charge on any atom is 0.254 e. The van der Waals surface area contributed by atoms with Crippen LogP contribution in [0.3, 0.4) is 0 Å². The molecule has 2 atom stereocenters. The second-order valence-corrected chi connectivity index (χ2v) is 6.01. The number of hydrogen-bond donors (Lipinski definition) is 1. The van der Waals surface area contributed by atoms with Crippen molar-refractivity contribution in [1.29, 1.82) is 0 Å². The van der Waals surface area contributed by atoms with E-state index in [4.69, 9.17) is 0 Å². The van der Waals surface area contributed by atoms with Crippen molar-refractivity contribution in [2.45, 2.75) is 32.4 Å². The maximum atomic E-state index is 12.8. The zero-order chi connectivity index (χ0) is 14.9. The SMILES string of the molecule is Cc1cccc(C(=O)N2CC(O)CC2CN(C)C)c1C. The first-order valence-electron chi connectivity index (χ1n) is 7.10. The Hall–Kier alpha value is -1.39. The molecule has 1 heterocycles. The monoisotopic (exact) mass is 276 g/mol. The largest absolute Gasteiger partial charge is 0.391 e. The van der Waals surface area contributed by atoms with E-state index in [0.717, 1.165) is 23.2 Å². The van der Waals surface area contributed by atoms with E-state index in [2.05, 4.69) is 4.90 Å². The fraction of sp³-hybridized carbons (Fsp3) is 0.562. The van der Waals surface area contributed by atoms with Gasteiger partial charge < -0.3 is 14.9 Å². The summed E-state index contributed by atoms with van der Waals surface area (Å²) in [5.41, 5.74) is 2.91. The van der Waals surface area contributed by atoms with E-state index < -0.39 is 6.10 Å².